The minimum absolute atomic E-state index is 0.0174. The summed E-state index contributed by atoms with van der Waals surface area (Å²) in [6.07, 6.45) is 1.94. The van der Waals surface area contributed by atoms with Gasteiger partial charge in [-0.2, -0.15) is 0 Å². The molecule has 10 heteroatoms. The first-order valence-corrected chi connectivity index (χ1v) is 11.2. The van der Waals surface area contributed by atoms with Crippen molar-refractivity contribution in [1.82, 2.24) is 9.62 Å². The minimum Gasteiger partial charge on any atom is -0.486 e. The Morgan fingerprint density at radius 1 is 1.14 bits per heavy atom. The van der Waals surface area contributed by atoms with E-state index in [1.807, 2.05) is 0 Å². The SMILES string of the molecule is CC(OC(=O)CCNS(=O)(=O)c1ccc2c(c1)OCCO2)C(=O)N1CCCCC1. The minimum atomic E-state index is -3.82. The number of fused-ring (bicyclic) bond motifs is 1. The second kappa shape index (κ2) is 9.45. The predicted molar refractivity (Wildman–Crippen MR) is 103 cm³/mol. The first-order chi connectivity index (χ1) is 13.9. The van der Waals surface area contributed by atoms with Crippen LogP contribution in [0, 0.1) is 0 Å². The molecule has 0 saturated carbocycles. The van der Waals surface area contributed by atoms with Crippen molar-refractivity contribution >= 4 is 21.9 Å². The number of esters is 1. The summed E-state index contributed by atoms with van der Waals surface area (Å²) < 4.78 is 43.1. The standard InChI is InChI=1S/C19H26N2O7S/c1-14(19(23)21-9-3-2-4-10-21)28-18(22)7-8-20-29(24,25)15-5-6-16-17(13-15)27-12-11-26-16/h5-6,13-14,20H,2-4,7-12H2,1H3. The highest BCUT2D eigenvalue weighted by molar-refractivity contribution is 7.89. The zero-order valence-corrected chi connectivity index (χ0v) is 17.2. The van der Waals surface area contributed by atoms with Crippen LogP contribution in [0.4, 0.5) is 0 Å². The fourth-order valence-corrected chi connectivity index (χ4v) is 4.29. The number of benzene rings is 1. The topological polar surface area (TPSA) is 111 Å². The Kier molecular flexibility index (Phi) is 6.96. The lowest BCUT2D eigenvalue weighted by Gasteiger charge is -2.28. The lowest BCUT2D eigenvalue weighted by molar-refractivity contribution is -0.159. The van der Waals surface area contributed by atoms with Gasteiger partial charge in [-0.1, -0.05) is 0 Å². The van der Waals surface area contributed by atoms with Gasteiger partial charge in [-0.25, -0.2) is 13.1 Å². The van der Waals surface area contributed by atoms with Gasteiger partial charge in [0.2, 0.25) is 10.0 Å². The molecule has 1 fully saturated rings. The van der Waals surface area contributed by atoms with Crippen LogP contribution >= 0.6 is 0 Å². The van der Waals surface area contributed by atoms with Crippen molar-refractivity contribution in [1.29, 1.82) is 0 Å². The molecule has 1 atom stereocenters. The van der Waals surface area contributed by atoms with Crippen LogP contribution in [0.25, 0.3) is 0 Å². The van der Waals surface area contributed by atoms with Crippen molar-refractivity contribution in [3.05, 3.63) is 18.2 Å². The third-order valence-corrected chi connectivity index (χ3v) is 6.23. The molecular formula is C19H26N2O7S. The number of hydrogen-bond donors (Lipinski definition) is 1. The van der Waals surface area contributed by atoms with Gasteiger partial charge in [0.1, 0.15) is 13.2 Å². The van der Waals surface area contributed by atoms with Gasteiger partial charge in [0, 0.05) is 25.7 Å². The summed E-state index contributed by atoms with van der Waals surface area (Å²) in [4.78, 5) is 26.0. The number of nitrogens with zero attached hydrogens (tertiary/aromatic N) is 1. The molecule has 29 heavy (non-hydrogen) atoms. The van der Waals surface area contributed by atoms with Gasteiger partial charge in [0.15, 0.2) is 17.6 Å². The quantitative estimate of drug-likeness (QED) is 0.649. The van der Waals surface area contributed by atoms with E-state index in [-0.39, 0.29) is 23.8 Å². The van der Waals surface area contributed by atoms with Crippen LogP contribution in [0.3, 0.4) is 0 Å². The smallest absolute Gasteiger partial charge is 0.307 e. The number of rotatable bonds is 7. The normalized spacial score (nSPS) is 17.5. The summed E-state index contributed by atoms with van der Waals surface area (Å²) in [6.45, 7) is 3.52. The Morgan fingerprint density at radius 3 is 2.55 bits per heavy atom. The molecule has 2 aliphatic heterocycles. The number of sulfonamides is 1. The number of hydrogen-bond acceptors (Lipinski definition) is 7. The molecule has 1 N–H and O–H groups in total. The number of nitrogens with one attached hydrogen (secondary N) is 1. The molecule has 1 amide bonds. The molecule has 1 saturated heterocycles. The van der Waals surface area contributed by atoms with Gasteiger partial charge in [0.05, 0.1) is 11.3 Å². The highest BCUT2D eigenvalue weighted by atomic mass is 32.2. The van der Waals surface area contributed by atoms with Crippen LogP contribution in [-0.4, -0.2) is 64.1 Å². The van der Waals surface area contributed by atoms with E-state index >= 15 is 0 Å². The van der Waals surface area contributed by atoms with Gasteiger partial charge in [0.25, 0.3) is 5.91 Å². The van der Waals surface area contributed by atoms with Crippen LogP contribution in [-0.2, 0) is 24.3 Å². The number of piperidine rings is 1. The van der Waals surface area contributed by atoms with Crippen molar-refractivity contribution in [2.75, 3.05) is 32.8 Å². The molecule has 2 heterocycles. The average Bonchev–Trinajstić information content (AvgIpc) is 2.73. The highest BCUT2D eigenvalue weighted by Gasteiger charge is 2.25. The summed E-state index contributed by atoms with van der Waals surface area (Å²) in [5.74, 6) is 0.0114. The Hall–Kier alpha value is -2.33. The van der Waals surface area contributed by atoms with E-state index in [9.17, 15) is 18.0 Å². The summed E-state index contributed by atoms with van der Waals surface area (Å²) in [6, 6.07) is 4.33. The van der Waals surface area contributed by atoms with Gasteiger partial charge in [-0.3, -0.25) is 9.59 Å². The molecule has 0 spiro atoms. The molecule has 3 rings (SSSR count). The molecule has 160 valence electrons. The third kappa shape index (κ3) is 5.60. The van der Waals surface area contributed by atoms with E-state index in [1.54, 1.807) is 4.90 Å². The first-order valence-electron chi connectivity index (χ1n) is 9.74. The largest absolute Gasteiger partial charge is 0.486 e. The molecular weight excluding hydrogens is 400 g/mol. The molecule has 9 nitrogen and oxygen atoms in total. The number of amides is 1. The van der Waals surface area contributed by atoms with E-state index in [0.29, 0.717) is 37.8 Å². The maximum atomic E-state index is 12.4. The fourth-order valence-electron chi connectivity index (χ4n) is 3.24. The Morgan fingerprint density at radius 2 is 1.83 bits per heavy atom. The van der Waals surface area contributed by atoms with Crippen LogP contribution < -0.4 is 14.2 Å². The summed E-state index contributed by atoms with van der Waals surface area (Å²) in [5.41, 5.74) is 0. The van der Waals surface area contributed by atoms with Crippen LogP contribution in [0.15, 0.2) is 23.1 Å². The zero-order chi connectivity index (χ0) is 20.9. The van der Waals surface area contributed by atoms with Crippen molar-refractivity contribution in [2.24, 2.45) is 0 Å². The second-order valence-corrected chi connectivity index (χ2v) is 8.74. The molecule has 1 aromatic carbocycles. The molecule has 0 radical (unpaired) electrons. The van der Waals surface area contributed by atoms with E-state index in [2.05, 4.69) is 4.72 Å². The van der Waals surface area contributed by atoms with Gasteiger partial charge in [-0.15, -0.1) is 0 Å². The van der Waals surface area contributed by atoms with E-state index in [0.717, 1.165) is 19.3 Å². The van der Waals surface area contributed by atoms with Crippen LogP contribution in [0.2, 0.25) is 0 Å². The van der Waals surface area contributed by atoms with Crippen LogP contribution in [0.1, 0.15) is 32.6 Å². The maximum Gasteiger partial charge on any atom is 0.307 e. The van der Waals surface area contributed by atoms with Crippen molar-refractivity contribution < 1.29 is 32.2 Å². The molecule has 1 aromatic rings. The van der Waals surface area contributed by atoms with E-state index in [4.69, 9.17) is 14.2 Å². The first kappa shape index (κ1) is 21.4. The Labute approximate surface area is 170 Å². The van der Waals surface area contributed by atoms with Crippen molar-refractivity contribution in [2.45, 2.75) is 43.6 Å². The van der Waals surface area contributed by atoms with E-state index in [1.165, 1.54) is 25.1 Å². The van der Waals surface area contributed by atoms with Crippen molar-refractivity contribution in [3.63, 3.8) is 0 Å². The summed E-state index contributed by atoms with van der Waals surface area (Å²) >= 11 is 0. The number of carbonyl (C=O) groups is 2. The van der Waals surface area contributed by atoms with Gasteiger partial charge >= 0.3 is 5.97 Å². The fraction of sp³-hybridized carbons (Fsp3) is 0.579. The Bertz CT molecular complexity index is 850. The van der Waals surface area contributed by atoms with E-state index < -0.39 is 22.1 Å². The number of carbonyl (C=O) groups excluding carboxylic acids is 2. The summed E-state index contributed by atoms with van der Waals surface area (Å²) in [5, 5.41) is 0. The molecule has 0 aliphatic carbocycles. The average molecular weight is 426 g/mol. The Balaban J connectivity index is 1.47. The van der Waals surface area contributed by atoms with Crippen LogP contribution in [0.5, 0.6) is 11.5 Å². The van der Waals surface area contributed by atoms with Gasteiger partial charge < -0.3 is 19.1 Å². The molecule has 0 aromatic heterocycles. The lowest BCUT2D eigenvalue weighted by Crippen LogP contribution is -2.42. The zero-order valence-electron chi connectivity index (χ0n) is 16.4. The second-order valence-electron chi connectivity index (χ2n) is 6.97. The number of ether oxygens (including phenoxy) is 3. The molecule has 1 unspecified atom stereocenters. The van der Waals surface area contributed by atoms with Gasteiger partial charge in [-0.05, 0) is 38.3 Å². The van der Waals surface area contributed by atoms with Crippen molar-refractivity contribution in [3.8, 4) is 11.5 Å². The lowest BCUT2D eigenvalue weighted by atomic mass is 10.1. The predicted octanol–water partition coefficient (Wildman–Crippen LogP) is 1.07. The monoisotopic (exact) mass is 426 g/mol. The maximum absolute atomic E-state index is 12.4. The molecule has 2 aliphatic rings. The highest BCUT2D eigenvalue weighted by Crippen LogP contribution is 2.32. The number of likely N-dealkylation sites (tertiary alicyclic amines) is 1. The molecule has 0 bridgehead atoms. The third-order valence-electron chi connectivity index (χ3n) is 4.77. The summed E-state index contributed by atoms with van der Waals surface area (Å²) in [7, 11) is -3.82.